The molecule has 0 spiro atoms. The topological polar surface area (TPSA) is 66.4 Å². The highest BCUT2D eigenvalue weighted by Crippen LogP contribution is 2.42. The SMILES string of the molecule is O=C1NC(=O)C2(/C=C/CO)CCCC=C12. The number of amides is 2. The molecule has 0 aromatic carbocycles. The van der Waals surface area contributed by atoms with Crippen molar-refractivity contribution in [3.8, 4) is 0 Å². The zero-order valence-corrected chi connectivity index (χ0v) is 8.32. The molecule has 2 rings (SSSR count). The van der Waals surface area contributed by atoms with E-state index in [0.717, 1.165) is 12.8 Å². The fraction of sp³-hybridized carbons (Fsp3) is 0.455. The zero-order chi connectivity index (χ0) is 10.9. The average molecular weight is 207 g/mol. The third kappa shape index (κ3) is 1.41. The maximum atomic E-state index is 11.7. The van der Waals surface area contributed by atoms with Gasteiger partial charge in [-0.05, 0) is 19.3 Å². The van der Waals surface area contributed by atoms with Crippen LogP contribution in [0.25, 0.3) is 0 Å². The standard InChI is InChI=1S/C11H13NO3/c13-7-3-6-11-5-2-1-4-8(11)9(14)12-10(11)15/h3-4,6,13H,1-2,5,7H2,(H,12,14,15)/b6-3+. The quantitative estimate of drug-likeness (QED) is 0.505. The Morgan fingerprint density at radius 3 is 3.07 bits per heavy atom. The van der Waals surface area contributed by atoms with Crippen molar-refractivity contribution in [3.05, 3.63) is 23.8 Å². The van der Waals surface area contributed by atoms with Gasteiger partial charge in [0.15, 0.2) is 0 Å². The summed E-state index contributed by atoms with van der Waals surface area (Å²) < 4.78 is 0. The smallest absolute Gasteiger partial charge is 0.254 e. The Labute approximate surface area is 87.7 Å². The van der Waals surface area contributed by atoms with Crippen LogP contribution in [0.2, 0.25) is 0 Å². The maximum Gasteiger partial charge on any atom is 0.254 e. The van der Waals surface area contributed by atoms with E-state index < -0.39 is 5.41 Å². The predicted octanol–water partition coefficient (Wildman–Crippen LogP) is 0.288. The van der Waals surface area contributed by atoms with Gasteiger partial charge in [0, 0.05) is 5.57 Å². The largest absolute Gasteiger partial charge is 0.392 e. The first-order valence-electron chi connectivity index (χ1n) is 5.06. The highest BCUT2D eigenvalue weighted by atomic mass is 16.2. The van der Waals surface area contributed by atoms with Crippen LogP contribution < -0.4 is 5.32 Å². The van der Waals surface area contributed by atoms with Gasteiger partial charge in [0.2, 0.25) is 5.91 Å². The molecule has 1 heterocycles. The van der Waals surface area contributed by atoms with Crippen LogP contribution in [0, 0.1) is 5.41 Å². The molecule has 80 valence electrons. The van der Waals surface area contributed by atoms with E-state index in [-0.39, 0.29) is 18.4 Å². The molecule has 0 aromatic heterocycles. The van der Waals surface area contributed by atoms with Crippen molar-refractivity contribution < 1.29 is 14.7 Å². The van der Waals surface area contributed by atoms with Crippen LogP contribution in [-0.2, 0) is 9.59 Å². The molecule has 1 fully saturated rings. The van der Waals surface area contributed by atoms with Gasteiger partial charge in [-0.2, -0.15) is 0 Å². The molecule has 0 bridgehead atoms. The lowest BCUT2D eigenvalue weighted by atomic mass is 9.73. The highest BCUT2D eigenvalue weighted by Gasteiger charge is 2.49. The minimum Gasteiger partial charge on any atom is -0.392 e. The first-order valence-corrected chi connectivity index (χ1v) is 5.06. The number of allylic oxidation sites excluding steroid dienone is 1. The summed E-state index contributed by atoms with van der Waals surface area (Å²) >= 11 is 0. The summed E-state index contributed by atoms with van der Waals surface area (Å²) in [5.74, 6) is -0.551. The molecular formula is C11H13NO3. The number of hydrogen-bond donors (Lipinski definition) is 2. The van der Waals surface area contributed by atoms with E-state index in [1.807, 2.05) is 6.08 Å². The number of fused-ring (bicyclic) bond motifs is 1. The van der Waals surface area contributed by atoms with Crippen molar-refractivity contribution in [1.29, 1.82) is 0 Å². The Hall–Kier alpha value is -1.42. The van der Waals surface area contributed by atoms with Gasteiger partial charge >= 0.3 is 0 Å². The highest BCUT2D eigenvalue weighted by molar-refractivity contribution is 6.18. The van der Waals surface area contributed by atoms with Crippen molar-refractivity contribution in [2.45, 2.75) is 19.3 Å². The first kappa shape index (κ1) is 10.1. The molecule has 1 aliphatic heterocycles. The molecule has 1 aliphatic carbocycles. The van der Waals surface area contributed by atoms with Crippen LogP contribution in [0.4, 0.5) is 0 Å². The van der Waals surface area contributed by atoms with Gasteiger partial charge < -0.3 is 5.11 Å². The molecule has 15 heavy (non-hydrogen) atoms. The summed E-state index contributed by atoms with van der Waals surface area (Å²) in [6.07, 6.45) is 7.37. The number of carbonyl (C=O) groups excluding carboxylic acids is 2. The van der Waals surface area contributed by atoms with Crippen molar-refractivity contribution in [2.75, 3.05) is 6.61 Å². The normalized spacial score (nSPS) is 30.3. The molecule has 0 saturated carbocycles. The van der Waals surface area contributed by atoms with Crippen molar-refractivity contribution in [1.82, 2.24) is 5.32 Å². The molecule has 4 nitrogen and oxygen atoms in total. The fourth-order valence-corrected chi connectivity index (χ4v) is 2.26. The van der Waals surface area contributed by atoms with Gasteiger partial charge in [0.05, 0.1) is 12.0 Å². The van der Waals surface area contributed by atoms with Gasteiger partial charge in [-0.15, -0.1) is 0 Å². The second-order valence-electron chi connectivity index (χ2n) is 3.85. The van der Waals surface area contributed by atoms with Crippen LogP contribution >= 0.6 is 0 Å². The molecule has 2 aliphatic rings. The number of carbonyl (C=O) groups is 2. The van der Waals surface area contributed by atoms with Crippen LogP contribution in [-0.4, -0.2) is 23.5 Å². The van der Waals surface area contributed by atoms with Crippen molar-refractivity contribution >= 4 is 11.8 Å². The molecule has 2 amide bonds. The van der Waals surface area contributed by atoms with Gasteiger partial charge in [-0.3, -0.25) is 14.9 Å². The number of rotatable bonds is 2. The van der Waals surface area contributed by atoms with E-state index in [4.69, 9.17) is 5.11 Å². The number of aliphatic hydroxyl groups excluding tert-OH is 1. The Kier molecular flexibility index (Phi) is 2.44. The summed E-state index contributed by atoms with van der Waals surface area (Å²) in [5, 5.41) is 11.1. The van der Waals surface area contributed by atoms with E-state index in [0.29, 0.717) is 12.0 Å². The predicted molar refractivity (Wildman–Crippen MR) is 53.7 cm³/mol. The molecule has 2 N–H and O–H groups in total. The Bertz CT molecular complexity index is 370. The Morgan fingerprint density at radius 2 is 2.33 bits per heavy atom. The molecular weight excluding hydrogens is 194 g/mol. The van der Waals surface area contributed by atoms with Crippen molar-refractivity contribution in [3.63, 3.8) is 0 Å². The van der Waals surface area contributed by atoms with E-state index in [9.17, 15) is 9.59 Å². The molecule has 0 radical (unpaired) electrons. The van der Waals surface area contributed by atoms with E-state index in [2.05, 4.69) is 5.32 Å². The Balaban J connectivity index is 2.44. The lowest BCUT2D eigenvalue weighted by Crippen LogP contribution is -2.31. The third-order valence-electron chi connectivity index (χ3n) is 2.99. The lowest BCUT2D eigenvalue weighted by molar-refractivity contribution is -0.127. The average Bonchev–Trinajstić information content (AvgIpc) is 2.50. The zero-order valence-electron chi connectivity index (χ0n) is 8.32. The molecule has 1 saturated heterocycles. The van der Waals surface area contributed by atoms with Crippen LogP contribution in [0.3, 0.4) is 0 Å². The van der Waals surface area contributed by atoms with Gasteiger partial charge in [0.1, 0.15) is 0 Å². The molecule has 1 atom stereocenters. The summed E-state index contributed by atoms with van der Waals surface area (Å²) in [5.41, 5.74) is -0.263. The maximum absolute atomic E-state index is 11.7. The summed E-state index contributed by atoms with van der Waals surface area (Å²) in [7, 11) is 0. The van der Waals surface area contributed by atoms with Crippen LogP contribution in [0.15, 0.2) is 23.8 Å². The lowest BCUT2D eigenvalue weighted by Gasteiger charge is -2.26. The van der Waals surface area contributed by atoms with Gasteiger partial charge in [0.25, 0.3) is 5.91 Å². The van der Waals surface area contributed by atoms with E-state index >= 15 is 0 Å². The summed E-state index contributed by atoms with van der Waals surface area (Å²) in [4.78, 5) is 23.2. The number of nitrogens with one attached hydrogen (secondary N) is 1. The number of imide groups is 1. The number of aliphatic hydroxyl groups is 1. The second-order valence-corrected chi connectivity index (χ2v) is 3.85. The fourth-order valence-electron chi connectivity index (χ4n) is 2.26. The van der Waals surface area contributed by atoms with E-state index in [1.54, 1.807) is 6.08 Å². The van der Waals surface area contributed by atoms with Gasteiger partial charge in [-0.25, -0.2) is 0 Å². The summed E-state index contributed by atoms with van der Waals surface area (Å²) in [6, 6.07) is 0. The van der Waals surface area contributed by atoms with Crippen LogP contribution in [0.1, 0.15) is 19.3 Å². The Morgan fingerprint density at radius 1 is 1.53 bits per heavy atom. The monoisotopic (exact) mass is 207 g/mol. The molecule has 4 heteroatoms. The summed E-state index contributed by atoms with van der Waals surface area (Å²) in [6.45, 7) is -0.115. The van der Waals surface area contributed by atoms with Crippen LogP contribution in [0.5, 0.6) is 0 Å². The van der Waals surface area contributed by atoms with Gasteiger partial charge in [-0.1, -0.05) is 18.2 Å². The molecule has 0 aromatic rings. The minimum absolute atomic E-state index is 0.115. The van der Waals surface area contributed by atoms with Crippen molar-refractivity contribution in [2.24, 2.45) is 5.41 Å². The molecule has 1 unspecified atom stereocenters. The second kappa shape index (κ2) is 3.62. The number of hydrogen-bond acceptors (Lipinski definition) is 3. The minimum atomic E-state index is -0.807. The third-order valence-corrected chi connectivity index (χ3v) is 2.99. The first-order chi connectivity index (χ1) is 7.20. The van der Waals surface area contributed by atoms with E-state index in [1.165, 1.54) is 6.08 Å².